The third kappa shape index (κ3) is 7.48. The van der Waals surface area contributed by atoms with E-state index in [2.05, 4.69) is 37.2 Å². The highest BCUT2D eigenvalue weighted by Gasteiger charge is 2.27. The summed E-state index contributed by atoms with van der Waals surface area (Å²) in [5, 5.41) is 2.95. The summed E-state index contributed by atoms with van der Waals surface area (Å²) in [6.07, 6.45) is 0.824. The van der Waals surface area contributed by atoms with Gasteiger partial charge in [-0.3, -0.25) is 9.59 Å². The second-order valence-electron chi connectivity index (χ2n) is 6.89. The minimum absolute atomic E-state index is 0.0480. The van der Waals surface area contributed by atoms with Crippen molar-refractivity contribution in [3.8, 4) is 5.75 Å². The smallest absolute Gasteiger partial charge is 0.261 e. The van der Waals surface area contributed by atoms with Crippen LogP contribution < -0.4 is 10.1 Å². The molecule has 2 aromatic carbocycles. The normalized spacial score (nSPS) is 12.7. The number of rotatable bonds is 9. The second kappa shape index (κ2) is 11.4. The molecule has 2 amide bonds. The summed E-state index contributed by atoms with van der Waals surface area (Å²) < 4.78 is 7.50. The highest BCUT2D eigenvalue weighted by atomic mass is 79.9. The lowest BCUT2D eigenvalue weighted by Crippen LogP contribution is -2.50. The molecule has 0 fully saturated rings. The molecule has 0 saturated heterocycles. The van der Waals surface area contributed by atoms with Crippen LogP contribution in [0.4, 0.5) is 0 Å². The van der Waals surface area contributed by atoms with Crippen LogP contribution in [0.1, 0.15) is 32.8 Å². The molecule has 0 heterocycles. The van der Waals surface area contributed by atoms with E-state index in [-0.39, 0.29) is 24.5 Å². The van der Waals surface area contributed by atoms with Gasteiger partial charge < -0.3 is 15.0 Å². The van der Waals surface area contributed by atoms with E-state index in [1.165, 1.54) is 0 Å². The molecule has 0 aromatic heterocycles. The average Bonchev–Trinajstić information content (AvgIpc) is 2.70. The standard InChI is InChI=1S/C22H26Br2N2O3/c1-4-15(2)25-22(28)16(3)26(13-17-6-5-7-19(24)12-17)21(27)14-29-20-10-8-18(23)9-11-20/h5-12,15-16H,4,13-14H2,1-3H3,(H,25,28)/t15-,16+/m0/s1. The van der Waals surface area contributed by atoms with Crippen LogP contribution in [0.5, 0.6) is 5.75 Å². The zero-order valence-electron chi connectivity index (χ0n) is 16.8. The van der Waals surface area contributed by atoms with Gasteiger partial charge in [-0.15, -0.1) is 0 Å². The number of carbonyl (C=O) groups is 2. The summed E-state index contributed by atoms with van der Waals surface area (Å²) in [5.41, 5.74) is 0.930. The predicted octanol–water partition coefficient (Wildman–Crippen LogP) is 4.92. The lowest BCUT2D eigenvalue weighted by Gasteiger charge is -2.29. The Balaban J connectivity index is 2.14. The van der Waals surface area contributed by atoms with Gasteiger partial charge in [0.15, 0.2) is 6.61 Å². The molecule has 0 spiro atoms. The first kappa shape index (κ1) is 23.4. The van der Waals surface area contributed by atoms with Crippen LogP contribution in [0.15, 0.2) is 57.5 Å². The summed E-state index contributed by atoms with van der Waals surface area (Å²) in [6, 6.07) is 14.4. The van der Waals surface area contributed by atoms with Gasteiger partial charge in [-0.05, 0) is 62.2 Å². The molecule has 29 heavy (non-hydrogen) atoms. The lowest BCUT2D eigenvalue weighted by molar-refractivity contribution is -0.142. The van der Waals surface area contributed by atoms with E-state index in [1.807, 2.05) is 50.2 Å². The Bertz CT molecular complexity index is 827. The van der Waals surface area contributed by atoms with Crippen LogP contribution in [-0.4, -0.2) is 35.4 Å². The molecule has 0 unspecified atom stereocenters. The molecular formula is C22H26Br2N2O3. The van der Waals surface area contributed by atoms with E-state index in [4.69, 9.17) is 4.74 Å². The zero-order valence-corrected chi connectivity index (χ0v) is 20.0. The SMILES string of the molecule is CC[C@H](C)NC(=O)[C@@H](C)N(Cc1cccc(Br)c1)C(=O)COc1ccc(Br)cc1. The molecule has 2 atom stereocenters. The first-order valence-corrected chi connectivity index (χ1v) is 11.1. The molecule has 0 aliphatic heterocycles. The fraction of sp³-hybridized carbons (Fsp3) is 0.364. The Hall–Kier alpha value is -1.86. The van der Waals surface area contributed by atoms with Crippen molar-refractivity contribution in [1.82, 2.24) is 10.2 Å². The quantitative estimate of drug-likeness (QED) is 0.505. The van der Waals surface area contributed by atoms with Gasteiger partial charge in [-0.25, -0.2) is 0 Å². The molecule has 2 aromatic rings. The first-order valence-electron chi connectivity index (χ1n) is 9.52. The highest BCUT2D eigenvalue weighted by Crippen LogP contribution is 2.18. The van der Waals surface area contributed by atoms with Crippen LogP contribution in [0, 0.1) is 0 Å². The largest absolute Gasteiger partial charge is 0.484 e. The van der Waals surface area contributed by atoms with Crippen molar-refractivity contribution in [1.29, 1.82) is 0 Å². The van der Waals surface area contributed by atoms with Crippen molar-refractivity contribution in [2.75, 3.05) is 6.61 Å². The molecule has 1 N–H and O–H groups in total. The van der Waals surface area contributed by atoms with E-state index in [9.17, 15) is 9.59 Å². The highest BCUT2D eigenvalue weighted by molar-refractivity contribution is 9.10. The Morgan fingerprint density at radius 3 is 2.38 bits per heavy atom. The number of nitrogens with zero attached hydrogens (tertiary/aromatic N) is 1. The summed E-state index contributed by atoms with van der Waals surface area (Å²) in [4.78, 5) is 27.2. The summed E-state index contributed by atoms with van der Waals surface area (Å²) in [6.45, 7) is 5.87. The van der Waals surface area contributed by atoms with Crippen molar-refractivity contribution in [2.24, 2.45) is 0 Å². The molecular weight excluding hydrogens is 500 g/mol. The average molecular weight is 526 g/mol. The van der Waals surface area contributed by atoms with Crippen molar-refractivity contribution in [3.05, 3.63) is 63.0 Å². The number of hydrogen-bond donors (Lipinski definition) is 1. The number of amides is 2. The summed E-state index contributed by atoms with van der Waals surface area (Å²) >= 11 is 6.83. The fourth-order valence-electron chi connectivity index (χ4n) is 2.64. The maximum absolute atomic E-state index is 13.0. The van der Waals surface area contributed by atoms with Gasteiger partial charge in [0.1, 0.15) is 11.8 Å². The summed E-state index contributed by atoms with van der Waals surface area (Å²) in [5.74, 6) is 0.173. The van der Waals surface area contributed by atoms with E-state index in [0.29, 0.717) is 12.3 Å². The topological polar surface area (TPSA) is 58.6 Å². The Morgan fingerprint density at radius 2 is 1.76 bits per heavy atom. The summed E-state index contributed by atoms with van der Waals surface area (Å²) in [7, 11) is 0. The Labute approximate surface area is 189 Å². The number of ether oxygens (including phenoxy) is 1. The minimum Gasteiger partial charge on any atom is -0.484 e. The van der Waals surface area contributed by atoms with Crippen LogP contribution in [-0.2, 0) is 16.1 Å². The van der Waals surface area contributed by atoms with Gasteiger partial charge in [-0.1, -0.05) is 50.9 Å². The molecule has 0 aliphatic carbocycles. The van der Waals surface area contributed by atoms with Gasteiger partial charge in [0, 0.05) is 21.5 Å². The maximum Gasteiger partial charge on any atom is 0.261 e. The molecule has 5 nitrogen and oxygen atoms in total. The molecule has 0 aliphatic rings. The number of benzene rings is 2. The molecule has 0 radical (unpaired) electrons. The first-order chi connectivity index (χ1) is 13.8. The molecule has 156 valence electrons. The van der Waals surface area contributed by atoms with Gasteiger partial charge in [0.2, 0.25) is 5.91 Å². The van der Waals surface area contributed by atoms with Gasteiger partial charge in [-0.2, -0.15) is 0 Å². The predicted molar refractivity (Wildman–Crippen MR) is 122 cm³/mol. The van der Waals surface area contributed by atoms with E-state index < -0.39 is 6.04 Å². The number of carbonyl (C=O) groups excluding carboxylic acids is 2. The van der Waals surface area contributed by atoms with E-state index >= 15 is 0 Å². The van der Waals surface area contributed by atoms with Crippen LogP contribution >= 0.6 is 31.9 Å². The molecule has 0 bridgehead atoms. The monoisotopic (exact) mass is 524 g/mol. The van der Waals surface area contributed by atoms with Crippen LogP contribution in [0.25, 0.3) is 0 Å². The maximum atomic E-state index is 13.0. The number of nitrogens with one attached hydrogen (secondary N) is 1. The third-order valence-corrected chi connectivity index (χ3v) is 5.61. The van der Waals surface area contributed by atoms with Crippen molar-refractivity contribution in [2.45, 2.75) is 45.8 Å². The van der Waals surface area contributed by atoms with Gasteiger partial charge >= 0.3 is 0 Å². The molecule has 7 heteroatoms. The minimum atomic E-state index is -0.621. The lowest BCUT2D eigenvalue weighted by atomic mass is 10.1. The Morgan fingerprint density at radius 1 is 1.07 bits per heavy atom. The van der Waals surface area contributed by atoms with Crippen molar-refractivity contribution < 1.29 is 14.3 Å². The van der Waals surface area contributed by atoms with E-state index in [1.54, 1.807) is 24.0 Å². The van der Waals surface area contributed by atoms with Crippen LogP contribution in [0.2, 0.25) is 0 Å². The van der Waals surface area contributed by atoms with E-state index in [0.717, 1.165) is 20.9 Å². The number of halogens is 2. The molecule has 0 saturated carbocycles. The third-order valence-electron chi connectivity index (χ3n) is 4.59. The zero-order chi connectivity index (χ0) is 21.4. The van der Waals surface area contributed by atoms with Gasteiger partial charge in [0.05, 0.1) is 0 Å². The van der Waals surface area contributed by atoms with Crippen molar-refractivity contribution in [3.63, 3.8) is 0 Å². The fourth-order valence-corrected chi connectivity index (χ4v) is 3.35. The number of hydrogen-bond acceptors (Lipinski definition) is 3. The second-order valence-corrected chi connectivity index (χ2v) is 8.72. The molecule has 2 rings (SSSR count). The van der Waals surface area contributed by atoms with Gasteiger partial charge in [0.25, 0.3) is 5.91 Å². The van der Waals surface area contributed by atoms with Crippen LogP contribution in [0.3, 0.4) is 0 Å². The van der Waals surface area contributed by atoms with Crippen molar-refractivity contribution >= 4 is 43.7 Å². The Kier molecular flexibility index (Phi) is 9.17.